The fourth-order valence-electron chi connectivity index (χ4n) is 2.22. The van der Waals surface area contributed by atoms with Crippen LogP contribution in [0.5, 0.6) is 0 Å². The number of benzene rings is 1. The normalized spacial score (nSPS) is 11.6. The number of carboxylic acids is 1. The number of hydrogen-bond acceptors (Lipinski definition) is 4. The average Bonchev–Trinajstić information content (AvgIpc) is 2.54. The smallest absolute Gasteiger partial charge is 0.305 e. The van der Waals surface area contributed by atoms with Gasteiger partial charge in [0.1, 0.15) is 0 Å². The van der Waals surface area contributed by atoms with Crippen LogP contribution in [0.25, 0.3) is 0 Å². The summed E-state index contributed by atoms with van der Waals surface area (Å²) < 4.78 is 0. The van der Waals surface area contributed by atoms with Crippen molar-refractivity contribution in [2.45, 2.75) is 43.5 Å². The number of hydrogen-bond donors (Lipinski definition) is 3. The summed E-state index contributed by atoms with van der Waals surface area (Å²) in [7, 11) is 0. The van der Waals surface area contributed by atoms with Gasteiger partial charge in [0, 0.05) is 24.3 Å². The Morgan fingerprint density at radius 1 is 1.12 bits per heavy atom. The molecule has 6 nitrogen and oxygen atoms in total. The van der Waals surface area contributed by atoms with Crippen molar-refractivity contribution in [3.63, 3.8) is 0 Å². The van der Waals surface area contributed by atoms with E-state index in [0.29, 0.717) is 13.0 Å². The summed E-state index contributed by atoms with van der Waals surface area (Å²) in [5.41, 5.74) is 0.757. The predicted octanol–water partition coefficient (Wildman–Crippen LogP) is 2.35. The van der Waals surface area contributed by atoms with Crippen molar-refractivity contribution in [3.05, 3.63) is 29.8 Å². The molecule has 1 unspecified atom stereocenters. The van der Waals surface area contributed by atoms with Crippen LogP contribution in [0.2, 0.25) is 0 Å². The van der Waals surface area contributed by atoms with Gasteiger partial charge in [-0.15, -0.1) is 11.8 Å². The Labute approximate surface area is 146 Å². The number of amides is 2. The summed E-state index contributed by atoms with van der Waals surface area (Å²) >= 11 is 1.59. The van der Waals surface area contributed by atoms with E-state index >= 15 is 0 Å². The predicted molar refractivity (Wildman–Crippen MR) is 93.9 cm³/mol. The van der Waals surface area contributed by atoms with Crippen molar-refractivity contribution in [1.29, 1.82) is 0 Å². The summed E-state index contributed by atoms with van der Waals surface area (Å²) in [5, 5.41) is 14.5. The molecule has 0 spiro atoms. The minimum Gasteiger partial charge on any atom is -0.481 e. The fraction of sp³-hybridized carbons (Fsp3) is 0.471. The molecule has 0 radical (unpaired) electrons. The van der Waals surface area contributed by atoms with Gasteiger partial charge in [-0.2, -0.15) is 0 Å². The number of thioether (sulfide) groups is 1. The van der Waals surface area contributed by atoms with E-state index in [-0.39, 0.29) is 31.1 Å². The zero-order chi connectivity index (χ0) is 17.9. The Morgan fingerprint density at radius 2 is 1.75 bits per heavy atom. The second-order valence-electron chi connectivity index (χ2n) is 5.30. The van der Waals surface area contributed by atoms with E-state index in [0.717, 1.165) is 10.5 Å². The Balaban J connectivity index is 2.59. The molecule has 0 saturated carbocycles. The molecule has 0 aliphatic rings. The topological polar surface area (TPSA) is 95.5 Å². The zero-order valence-electron chi connectivity index (χ0n) is 14.0. The van der Waals surface area contributed by atoms with Crippen LogP contribution in [0.4, 0.5) is 0 Å². The molecule has 0 aromatic heterocycles. The highest BCUT2D eigenvalue weighted by Gasteiger charge is 2.18. The molecule has 0 bridgehead atoms. The molecule has 0 fully saturated rings. The van der Waals surface area contributed by atoms with Gasteiger partial charge in [0.15, 0.2) is 0 Å². The monoisotopic (exact) mass is 352 g/mol. The highest BCUT2D eigenvalue weighted by Crippen LogP contribution is 2.21. The molecule has 3 N–H and O–H groups in total. The SMILES string of the molecule is CCNC(=O)CCCC(=O)NC(CC(=O)O)c1ccc(SC)cc1. The second-order valence-corrected chi connectivity index (χ2v) is 6.18. The maximum atomic E-state index is 12.0. The Hall–Kier alpha value is -2.02. The molecule has 132 valence electrons. The number of carboxylic acid groups (broad SMARTS) is 1. The van der Waals surface area contributed by atoms with Crippen molar-refractivity contribution < 1.29 is 19.5 Å². The van der Waals surface area contributed by atoms with Crippen molar-refractivity contribution >= 4 is 29.5 Å². The molecule has 0 aliphatic heterocycles. The van der Waals surface area contributed by atoms with Crippen LogP contribution < -0.4 is 10.6 Å². The van der Waals surface area contributed by atoms with Gasteiger partial charge in [0.05, 0.1) is 12.5 Å². The van der Waals surface area contributed by atoms with Crippen LogP contribution in [-0.4, -0.2) is 35.7 Å². The molecule has 1 rings (SSSR count). The molecular weight excluding hydrogens is 328 g/mol. The summed E-state index contributed by atoms with van der Waals surface area (Å²) in [5.74, 6) is -1.31. The third kappa shape index (κ3) is 7.50. The third-order valence-electron chi connectivity index (χ3n) is 3.41. The molecule has 1 aromatic rings. The standard InChI is InChI=1S/C17H24N2O4S/c1-3-18-15(20)5-4-6-16(21)19-14(11-17(22)23)12-7-9-13(24-2)10-8-12/h7-10,14H,3-6,11H2,1-2H3,(H,18,20)(H,19,21)(H,22,23). The van der Waals surface area contributed by atoms with Crippen LogP contribution in [0.3, 0.4) is 0 Å². The van der Waals surface area contributed by atoms with E-state index in [9.17, 15) is 14.4 Å². The zero-order valence-corrected chi connectivity index (χ0v) is 14.8. The van der Waals surface area contributed by atoms with E-state index < -0.39 is 12.0 Å². The molecular formula is C17H24N2O4S. The Bertz CT molecular complexity index is 560. The molecule has 0 aliphatic carbocycles. The average molecular weight is 352 g/mol. The van der Waals surface area contributed by atoms with Gasteiger partial charge in [-0.3, -0.25) is 14.4 Å². The lowest BCUT2D eigenvalue weighted by Gasteiger charge is -2.18. The van der Waals surface area contributed by atoms with E-state index in [2.05, 4.69) is 10.6 Å². The molecule has 0 saturated heterocycles. The quantitative estimate of drug-likeness (QED) is 0.562. The van der Waals surface area contributed by atoms with E-state index in [1.54, 1.807) is 11.8 Å². The first-order chi connectivity index (χ1) is 11.5. The van der Waals surface area contributed by atoms with Crippen molar-refractivity contribution in [2.75, 3.05) is 12.8 Å². The molecule has 0 heterocycles. The molecule has 1 aromatic carbocycles. The van der Waals surface area contributed by atoms with Gasteiger partial charge < -0.3 is 15.7 Å². The number of nitrogens with one attached hydrogen (secondary N) is 2. The molecule has 24 heavy (non-hydrogen) atoms. The Morgan fingerprint density at radius 3 is 2.29 bits per heavy atom. The van der Waals surface area contributed by atoms with Crippen LogP contribution in [-0.2, 0) is 14.4 Å². The minimum atomic E-state index is -0.975. The van der Waals surface area contributed by atoms with Crippen molar-refractivity contribution in [3.8, 4) is 0 Å². The van der Waals surface area contributed by atoms with Crippen LogP contribution in [0, 0.1) is 0 Å². The first-order valence-electron chi connectivity index (χ1n) is 7.88. The lowest BCUT2D eigenvalue weighted by atomic mass is 10.0. The van der Waals surface area contributed by atoms with Crippen LogP contribution >= 0.6 is 11.8 Å². The second kappa shape index (κ2) is 10.7. The maximum Gasteiger partial charge on any atom is 0.305 e. The minimum absolute atomic E-state index is 0.0833. The van der Waals surface area contributed by atoms with Gasteiger partial charge in [-0.05, 0) is 37.3 Å². The van der Waals surface area contributed by atoms with Crippen molar-refractivity contribution in [2.24, 2.45) is 0 Å². The first-order valence-corrected chi connectivity index (χ1v) is 9.10. The highest BCUT2D eigenvalue weighted by atomic mass is 32.2. The number of carbonyl (C=O) groups excluding carboxylic acids is 2. The van der Waals surface area contributed by atoms with Crippen LogP contribution in [0.15, 0.2) is 29.2 Å². The van der Waals surface area contributed by atoms with Crippen molar-refractivity contribution in [1.82, 2.24) is 10.6 Å². The third-order valence-corrected chi connectivity index (χ3v) is 4.16. The van der Waals surface area contributed by atoms with Gasteiger partial charge in [0.2, 0.25) is 11.8 Å². The summed E-state index contributed by atoms with van der Waals surface area (Å²) in [6.07, 6.45) is 2.69. The molecule has 7 heteroatoms. The summed E-state index contributed by atoms with van der Waals surface area (Å²) in [6.45, 7) is 2.40. The number of rotatable bonds is 10. The molecule has 2 amide bonds. The van der Waals surface area contributed by atoms with E-state index in [4.69, 9.17) is 5.11 Å². The summed E-state index contributed by atoms with van der Waals surface area (Å²) in [6, 6.07) is 6.88. The largest absolute Gasteiger partial charge is 0.481 e. The van der Waals surface area contributed by atoms with E-state index in [1.165, 1.54) is 0 Å². The lowest BCUT2D eigenvalue weighted by Crippen LogP contribution is -2.30. The number of aliphatic carboxylic acids is 1. The first kappa shape index (κ1) is 20.0. The van der Waals surface area contributed by atoms with E-state index in [1.807, 2.05) is 37.4 Å². The van der Waals surface area contributed by atoms with Gasteiger partial charge >= 0.3 is 5.97 Å². The highest BCUT2D eigenvalue weighted by molar-refractivity contribution is 7.98. The summed E-state index contributed by atoms with van der Waals surface area (Å²) in [4.78, 5) is 35.5. The number of carbonyl (C=O) groups is 3. The van der Waals surface area contributed by atoms with Gasteiger partial charge in [0.25, 0.3) is 0 Å². The fourth-order valence-corrected chi connectivity index (χ4v) is 2.63. The maximum absolute atomic E-state index is 12.0. The Kier molecular flexibility index (Phi) is 8.93. The van der Waals surface area contributed by atoms with Crippen LogP contribution in [0.1, 0.15) is 44.2 Å². The lowest BCUT2D eigenvalue weighted by molar-refractivity contribution is -0.137. The van der Waals surface area contributed by atoms with Gasteiger partial charge in [-0.1, -0.05) is 12.1 Å². The molecule has 1 atom stereocenters. The van der Waals surface area contributed by atoms with Gasteiger partial charge in [-0.25, -0.2) is 0 Å².